The Balaban J connectivity index is 1.65. The van der Waals surface area contributed by atoms with E-state index in [-0.39, 0.29) is 5.13 Å². The number of carbonyl (C=O) groups is 1. The topological polar surface area (TPSA) is 57.8 Å². The van der Waals surface area contributed by atoms with Gasteiger partial charge in [0.25, 0.3) is 5.91 Å². The van der Waals surface area contributed by atoms with Crippen molar-refractivity contribution in [2.75, 3.05) is 5.32 Å². The van der Waals surface area contributed by atoms with Crippen molar-refractivity contribution >= 4 is 33.3 Å². The zero-order valence-electron chi connectivity index (χ0n) is 14.6. The molecular weight excluding hydrogens is 387 g/mol. The van der Waals surface area contributed by atoms with Crippen molar-refractivity contribution < 1.29 is 18.0 Å². The number of fused-ring (bicyclic) bond motifs is 1. The first-order valence-electron chi connectivity index (χ1n) is 8.35. The van der Waals surface area contributed by atoms with Gasteiger partial charge < -0.3 is 4.98 Å². The summed E-state index contributed by atoms with van der Waals surface area (Å²) in [7, 11) is 0. The normalized spacial score (nSPS) is 11.7. The Hall–Kier alpha value is -3.13. The molecule has 0 radical (unpaired) electrons. The molecule has 0 unspecified atom stereocenters. The van der Waals surface area contributed by atoms with Crippen LogP contribution < -0.4 is 5.32 Å². The molecule has 2 heterocycles. The van der Waals surface area contributed by atoms with Gasteiger partial charge in [-0.3, -0.25) is 10.1 Å². The number of benzene rings is 2. The van der Waals surface area contributed by atoms with Gasteiger partial charge >= 0.3 is 6.18 Å². The molecule has 4 nitrogen and oxygen atoms in total. The molecule has 142 valence electrons. The third-order valence-electron chi connectivity index (χ3n) is 4.35. The van der Waals surface area contributed by atoms with Crippen molar-refractivity contribution in [2.45, 2.75) is 13.1 Å². The summed E-state index contributed by atoms with van der Waals surface area (Å²) in [6, 6.07) is 12.4. The molecule has 1 amide bonds. The number of thiazole rings is 1. The van der Waals surface area contributed by atoms with Gasteiger partial charge in [-0.15, -0.1) is 11.3 Å². The number of hydrogen-bond donors (Lipinski definition) is 2. The molecule has 0 bridgehead atoms. The van der Waals surface area contributed by atoms with E-state index < -0.39 is 23.2 Å². The second-order valence-corrected chi connectivity index (χ2v) is 7.06. The Labute approximate surface area is 162 Å². The number of aryl methyl sites for hydroxylation is 1. The summed E-state index contributed by atoms with van der Waals surface area (Å²) in [5.74, 6) is -0.843. The first-order valence-corrected chi connectivity index (χ1v) is 9.23. The lowest BCUT2D eigenvalue weighted by Crippen LogP contribution is -2.18. The fourth-order valence-electron chi connectivity index (χ4n) is 3.15. The van der Waals surface area contributed by atoms with Crippen molar-refractivity contribution in [3.8, 4) is 11.3 Å². The zero-order chi connectivity index (χ0) is 19.9. The maximum atomic E-state index is 13.1. The minimum Gasteiger partial charge on any atom is -0.358 e. The van der Waals surface area contributed by atoms with Crippen molar-refractivity contribution in [3.05, 3.63) is 70.7 Å². The fourth-order valence-corrected chi connectivity index (χ4v) is 3.84. The van der Waals surface area contributed by atoms with E-state index in [0.29, 0.717) is 5.69 Å². The quantitative estimate of drug-likeness (QED) is 0.451. The predicted octanol–water partition coefficient (Wildman–Crippen LogP) is 5.87. The van der Waals surface area contributed by atoms with Gasteiger partial charge in [-0.1, -0.05) is 30.3 Å². The molecule has 0 aliphatic rings. The molecule has 2 aromatic carbocycles. The van der Waals surface area contributed by atoms with Crippen LogP contribution in [0.1, 0.15) is 21.6 Å². The Morgan fingerprint density at radius 3 is 2.61 bits per heavy atom. The molecule has 4 rings (SSSR count). The number of carbonyl (C=O) groups excluding carboxylic acids is 1. The van der Waals surface area contributed by atoms with Crippen LogP contribution in [0.2, 0.25) is 0 Å². The van der Waals surface area contributed by atoms with Crippen molar-refractivity contribution in [1.82, 2.24) is 9.97 Å². The molecule has 28 heavy (non-hydrogen) atoms. The number of hydrogen-bond acceptors (Lipinski definition) is 3. The van der Waals surface area contributed by atoms with Crippen molar-refractivity contribution in [3.63, 3.8) is 0 Å². The van der Waals surface area contributed by atoms with Crippen LogP contribution in [0.4, 0.5) is 18.3 Å². The molecule has 4 aromatic rings. The number of amides is 1. The van der Waals surface area contributed by atoms with Crippen LogP contribution in [0.25, 0.3) is 22.2 Å². The van der Waals surface area contributed by atoms with Crippen LogP contribution in [-0.4, -0.2) is 15.9 Å². The summed E-state index contributed by atoms with van der Waals surface area (Å²) in [6.07, 6.45) is -4.61. The Morgan fingerprint density at radius 2 is 1.82 bits per heavy atom. The van der Waals surface area contributed by atoms with E-state index >= 15 is 0 Å². The van der Waals surface area contributed by atoms with Crippen LogP contribution in [0.5, 0.6) is 0 Å². The Bertz CT molecular complexity index is 1180. The molecule has 0 aliphatic heterocycles. The first-order chi connectivity index (χ1) is 13.3. The second-order valence-electron chi connectivity index (χ2n) is 6.21. The molecule has 8 heteroatoms. The number of nitrogens with zero attached hydrogens (tertiary/aromatic N) is 1. The van der Waals surface area contributed by atoms with Crippen LogP contribution >= 0.6 is 11.3 Å². The molecule has 0 atom stereocenters. The van der Waals surface area contributed by atoms with Crippen molar-refractivity contribution in [1.29, 1.82) is 0 Å². The number of rotatable bonds is 3. The smallest absolute Gasteiger partial charge is 0.358 e. The van der Waals surface area contributed by atoms with E-state index in [0.717, 1.165) is 45.6 Å². The molecule has 2 N–H and O–H groups in total. The highest BCUT2D eigenvalue weighted by Gasteiger charge is 2.35. The van der Waals surface area contributed by atoms with Gasteiger partial charge in [-0.2, -0.15) is 13.2 Å². The number of alkyl halides is 3. The van der Waals surface area contributed by atoms with Gasteiger partial charge in [-0.25, -0.2) is 4.98 Å². The second kappa shape index (κ2) is 6.79. The molecule has 0 spiro atoms. The highest BCUT2D eigenvalue weighted by atomic mass is 32.1. The summed E-state index contributed by atoms with van der Waals surface area (Å²) in [6.45, 7) is 1.92. The third-order valence-corrected chi connectivity index (χ3v) is 5.11. The standard InChI is InChI=1S/C20H14F3N3OS/c1-11-17(13-7-3-5-9-15(13)24-11)16-10-28-19(25-16)26-18(27)12-6-2-4-8-14(12)20(21,22)23/h2-10,24H,1H3,(H,25,26,27). The lowest BCUT2D eigenvalue weighted by molar-refractivity contribution is -0.137. The summed E-state index contributed by atoms with van der Waals surface area (Å²) in [5, 5.41) is 5.48. The summed E-state index contributed by atoms with van der Waals surface area (Å²) >= 11 is 1.16. The number of nitrogens with one attached hydrogen (secondary N) is 2. The molecule has 2 aromatic heterocycles. The summed E-state index contributed by atoms with van der Waals surface area (Å²) in [4.78, 5) is 20.1. The van der Waals surface area contributed by atoms with E-state index in [9.17, 15) is 18.0 Å². The first kappa shape index (κ1) is 18.2. The van der Waals surface area contributed by atoms with Crippen LogP contribution in [0.15, 0.2) is 53.9 Å². The number of aromatic amines is 1. The number of H-pyrrole nitrogens is 1. The van der Waals surface area contributed by atoms with E-state index in [1.807, 2.05) is 31.2 Å². The van der Waals surface area contributed by atoms with Gasteiger partial charge in [0.05, 0.1) is 16.8 Å². The largest absolute Gasteiger partial charge is 0.417 e. The van der Waals surface area contributed by atoms with Crippen molar-refractivity contribution in [2.24, 2.45) is 0 Å². The molecule has 0 saturated carbocycles. The number of anilines is 1. The summed E-state index contributed by atoms with van der Waals surface area (Å²) in [5.41, 5.74) is 2.04. The maximum Gasteiger partial charge on any atom is 0.417 e. The molecule has 0 saturated heterocycles. The number of aromatic nitrogens is 2. The average molecular weight is 401 g/mol. The highest BCUT2D eigenvalue weighted by Crippen LogP contribution is 2.35. The monoisotopic (exact) mass is 401 g/mol. The lowest BCUT2D eigenvalue weighted by atomic mass is 10.1. The molecule has 0 aliphatic carbocycles. The van der Waals surface area contributed by atoms with Gasteiger partial charge in [0, 0.05) is 27.5 Å². The predicted molar refractivity (Wildman–Crippen MR) is 104 cm³/mol. The maximum absolute atomic E-state index is 13.1. The Kier molecular flexibility index (Phi) is 4.43. The summed E-state index contributed by atoms with van der Waals surface area (Å²) < 4.78 is 39.4. The van der Waals surface area contributed by atoms with E-state index in [4.69, 9.17) is 0 Å². The molecular formula is C20H14F3N3OS. The number of halogens is 3. The lowest BCUT2D eigenvalue weighted by Gasteiger charge is -2.11. The van der Waals surface area contributed by atoms with Crippen LogP contribution in [0, 0.1) is 6.92 Å². The average Bonchev–Trinajstić information content (AvgIpc) is 3.23. The van der Waals surface area contributed by atoms with Gasteiger partial charge in [0.2, 0.25) is 0 Å². The Morgan fingerprint density at radius 1 is 1.11 bits per heavy atom. The van der Waals surface area contributed by atoms with Gasteiger partial charge in [-0.05, 0) is 25.1 Å². The van der Waals surface area contributed by atoms with Gasteiger partial charge in [0.15, 0.2) is 5.13 Å². The minimum absolute atomic E-state index is 0.238. The van der Waals surface area contributed by atoms with Crippen LogP contribution in [0.3, 0.4) is 0 Å². The van der Waals surface area contributed by atoms with Crippen LogP contribution in [-0.2, 0) is 6.18 Å². The minimum atomic E-state index is -4.61. The SMILES string of the molecule is Cc1[nH]c2ccccc2c1-c1csc(NC(=O)c2ccccc2C(F)(F)F)n1. The highest BCUT2D eigenvalue weighted by molar-refractivity contribution is 7.14. The van der Waals surface area contributed by atoms with E-state index in [2.05, 4.69) is 15.3 Å². The zero-order valence-corrected chi connectivity index (χ0v) is 15.4. The van der Waals surface area contributed by atoms with E-state index in [1.54, 1.807) is 5.38 Å². The van der Waals surface area contributed by atoms with Gasteiger partial charge in [0.1, 0.15) is 0 Å². The molecule has 0 fully saturated rings. The fraction of sp³-hybridized carbons (Fsp3) is 0.100. The third kappa shape index (κ3) is 3.27. The number of para-hydroxylation sites is 1. The van der Waals surface area contributed by atoms with E-state index in [1.165, 1.54) is 12.1 Å².